The molecular weight excluding hydrogens is 188 g/mol. The van der Waals surface area contributed by atoms with Crippen LogP contribution in [-0.4, -0.2) is 29.9 Å². The lowest BCUT2D eigenvalue weighted by molar-refractivity contribution is -0.130. The van der Waals surface area contributed by atoms with Gasteiger partial charge in [0.15, 0.2) is 0 Å². The summed E-state index contributed by atoms with van der Waals surface area (Å²) in [6, 6.07) is 0.192. The van der Waals surface area contributed by atoms with Gasteiger partial charge in [0.1, 0.15) is 0 Å². The maximum Gasteiger partial charge on any atom is 0.222 e. The quantitative estimate of drug-likeness (QED) is 0.625. The third-order valence-corrected chi connectivity index (χ3v) is 2.25. The molecule has 0 aromatic carbocycles. The van der Waals surface area contributed by atoms with Crippen LogP contribution in [0.25, 0.3) is 0 Å². The average Bonchev–Trinajstić information content (AvgIpc) is 2.16. The van der Waals surface area contributed by atoms with E-state index >= 15 is 0 Å². The minimum absolute atomic E-state index is 0.192. The fraction of sp³-hybridized carbons (Fsp3) is 0.750. The van der Waals surface area contributed by atoms with E-state index in [1.165, 1.54) is 0 Å². The van der Waals surface area contributed by atoms with Crippen molar-refractivity contribution in [2.24, 2.45) is 5.73 Å². The molecule has 0 saturated carbocycles. The van der Waals surface area contributed by atoms with Gasteiger partial charge in [-0.15, -0.1) is 6.58 Å². The minimum atomic E-state index is 0.192. The first-order chi connectivity index (χ1) is 7.11. The summed E-state index contributed by atoms with van der Waals surface area (Å²) in [7, 11) is 0. The van der Waals surface area contributed by atoms with Crippen LogP contribution < -0.4 is 5.73 Å². The molecule has 0 aliphatic rings. The molecule has 88 valence electrons. The lowest BCUT2D eigenvalue weighted by Gasteiger charge is -2.20. The maximum atomic E-state index is 11.7. The van der Waals surface area contributed by atoms with Gasteiger partial charge in [0.2, 0.25) is 5.91 Å². The summed E-state index contributed by atoms with van der Waals surface area (Å²) in [5.41, 5.74) is 5.63. The molecule has 0 spiro atoms. The number of carbonyl (C=O) groups excluding carboxylic acids is 1. The highest BCUT2D eigenvalue weighted by Crippen LogP contribution is 2.03. The second-order valence-electron chi connectivity index (χ2n) is 4.00. The van der Waals surface area contributed by atoms with E-state index in [1.54, 1.807) is 6.08 Å². The Hall–Kier alpha value is -0.830. The lowest BCUT2D eigenvalue weighted by Crippen LogP contribution is -2.31. The normalized spacial score (nSPS) is 12.2. The van der Waals surface area contributed by atoms with Crippen LogP contribution in [0.3, 0.4) is 0 Å². The highest BCUT2D eigenvalue weighted by Gasteiger charge is 2.10. The largest absolute Gasteiger partial charge is 0.339 e. The van der Waals surface area contributed by atoms with Crippen molar-refractivity contribution in [3.63, 3.8) is 0 Å². The molecular formula is C12H24N2O. The molecule has 2 N–H and O–H groups in total. The fourth-order valence-corrected chi connectivity index (χ4v) is 1.48. The molecule has 0 fully saturated rings. The number of nitrogens with zero attached hydrogens (tertiary/aromatic N) is 1. The third kappa shape index (κ3) is 7.14. The van der Waals surface area contributed by atoms with Crippen molar-refractivity contribution < 1.29 is 4.79 Å². The fourth-order valence-electron chi connectivity index (χ4n) is 1.48. The number of amides is 1. The van der Waals surface area contributed by atoms with Crippen molar-refractivity contribution >= 4 is 5.91 Å². The first-order valence-corrected chi connectivity index (χ1v) is 5.76. The summed E-state index contributed by atoms with van der Waals surface area (Å²) >= 11 is 0. The molecule has 0 aromatic heterocycles. The first kappa shape index (κ1) is 14.2. The zero-order valence-corrected chi connectivity index (χ0v) is 10.0. The third-order valence-electron chi connectivity index (χ3n) is 2.25. The van der Waals surface area contributed by atoms with E-state index in [2.05, 4.69) is 13.5 Å². The molecule has 1 unspecified atom stereocenters. The molecule has 1 atom stereocenters. The number of hydrogen-bond acceptors (Lipinski definition) is 2. The molecule has 0 aliphatic carbocycles. The summed E-state index contributed by atoms with van der Waals surface area (Å²) in [4.78, 5) is 13.6. The average molecular weight is 212 g/mol. The Labute approximate surface area is 93.3 Å². The zero-order valence-electron chi connectivity index (χ0n) is 10.0. The topological polar surface area (TPSA) is 46.3 Å². The molecule has 0 aromatic rings. The Bertz CT molecular complexity index is 190. The van der Waals surface area contributed by atoms with Crippen LogP contribution in [0.1, 0.15) is 39.5 Å². The molecule has 3 heteroatoms. The Kier molecular flexibility index (Phi) is 8.01. The summed E-state index contributed by atoms with van der Waals surface area (Å²) in [6.07, 6.45) is 5.18. The molecule has 0 radical (unpaired) electrons. The highest BCUT2D eigenvalue weighted by molar-refractivity contribution is 5.76. The van der Waals surface area contributed by atoms with E-state index < -0.39 is 0 Å². The second kappa shape index (κ2) is 8.48. The van der Waals surface area contributed by atoms with Crippen LogP contribution in [0, 0.1) is 0 Å². The molecule has 0 rings (SSSR count). The van der Waals surface area contributed by atoms with E-state index in [4.69, 9.17) is 5.73 Å². The van der Waals surface area contributed by atoms with Gasteiger partial charge in [-0.05, 0) is 26.2 Å². The summed E-state index contributed by atoms with van der Waals surface area (Å²) in [6.45, 7) is 9.18. The van der Waals surface area contributed by atoms with Crippen molar-refractivity contribution in [2.75, 3.05) is 13.1 Å². The zero-order chi connectivity index (χ0) is 11.7. The van der Waals surface area contributed by atoms with Crippen LogP contribution in [0.4, 0.5) is 0 Å². The van der Waals surface area contributed by atoms with Crippen molar-refractivity contribution in [1.29, 1.82) is 0 Å². The monoisotopic (exact) mass is 212 g/mol. The van der Waals surface area contributed by atoms with Gasteiger partial charge in [0.25, 0.3) is 0 Å². The van der Waals surface area contributed by atoms with Crippen molar-refractivity contribution in [1.82, 2.24) is 4.90 Å². The number of carbonyl (C=O) groups is 1. The van der Waals surface area contributed by atoms with Gasteiger partial charge >= 0.3 is 0 Å². The Morgan fingerprint density at radius 2 is 2.27 bits per heavy atom. The van der Waals surface area contributed by atoms with Crippen LogP contribution in [0.2, 0.25) is 0 Å². The molecule has 3 nitrogen and oxygen atoms in total. The molecule has 0 heterocycles. The molecule has 15 heavy (non-hydrogen) atoms. The van der Waals surface area contributed by atoms with Gasteiger partial charge in [-0.2, -0.15) is 0 Å². The van der Waals surface area contributed by atoms with E-state index in [-0.39, 0.29) is 11.9 Å². The standard InChI is InChI=1S/C12H24N2O/c1-4-9-14(10-5-2)12(15)8-6-7-11(3)13/h4,11H,1,5-10,13H2,2-3H3. The smallest absolute Gasteiger partial charge is 0.222 e. The van der Waals surface area contributed by atoms with Crippen LogP contribution in [0.5, 0.6) is 0 Å². The summed E-state index contributed by atoms with van der Waals surface area (Å²) < 4.78 is 0. The SMILES string of the molecule is C=CCN(CCC)C(=O)CCCC(C)N. The molecule has 0 bridgehead atoms. The molecule has 0 saturated heterocycles. The summed E-state index contributed by atoms with van der Waals surface area (Å²) in [5, 5.41) is 0. The van der Waals surface area contributed by atoms with Gasteiger partial charge < -0.3 is 10.6 Å². The predicted octanol–water partition coefficient (Wildman–Crippen LogP) is 1.93. The molecule has 0 aliphatic heterocycles. The van der Waals surface area contributed by atoms with Gasteiger partial charge in [0.05, 0.1) is 0 Å². The van der Waals surface area contributed by atoms with E-state index in [0.29, 0.717) is 13.0 Å². The minimum Gasteiger partial charge on any atom is -0.339 e. The van der Waals surface area contributed by atoms with Crippen LogP contribution in [-0.2, 0) is 4.79 Å². The van der Waals surface area contributed by atoms with Gasteiger partial charge in [-0.1, -0.05) is 13.0 Å². The van der Waals surface area contributed by atoms with Crippen molar-refractivity contribution in [3.8, 4) is 0 Å². The molecule has 1 amide bonds. The predicted molar refractivity (Wildman–Crippen MR) is 64.6 cm³/mol. The lowest BCUT2D eigenvalue weighted by atomic mass is 10.1. The van der Waals surface area contributed by atoms with Crippen molar-refractivity contribution in [2.45, 2.75) is 45.6 Å². The van der Waals surface area contributed by atoms with Crippen LogP contribution in [0.15, 0.2) is 12.7 Å². The van der Waals surface area contributed by atoms with Gasteiger partial charge in [-0.3, -0.25) is 4.79 Å². The maximum absolute atomic E-state index is 11.7. The number of rotatable bonds is 8. The van der Waals surface area contributed by atoms with Crippen LogP contribution >= 0.6 is 0 Å². The van der Waals surface area contributed by atoms with E-state index in [9.17, 15) is 4.79 Å². The first-order valence-electron chi connectivity index (χ1n) is 5.76. The Balaban J connectivity index is 3.85. The summed E-state index contributed by atoms with van der Waals surface area (Å²) in [5.74, 6) is 0.220. The highest BCUT2D eigenvalue weighted by atomic mass is 16.2. The van der Waals surface area contributed by atoms with Gasteiger partial charge in [-0.25, -0.2) is 0 Å². The van der Waals surface area contributed by atoms with E-state index in [1.807, 2.05) is 11.8 Å². The number of hydrogen-bond donors (Lipinski definition) is 1. The van der Waals surface area contributed by atoms with E-state index in [0.717, 1.165) is 25.8 Å². The second-order valence-corrected chi connectivity index (χ2v) is 4.00. The Morgan fingerprint density at radius 1 is 1.60 bits per heavy atom. The van der Waals surface area contributed by atoms with Crippen molar-refractivity contribution in [3.05, 3.63) is 12.7 Å². The van der Waals surface area contributed by atoms with Gasteiger partial charge in [0, 0.05) is 25.6 Å². The number of nitrogens with two attached hydrogens (primary N) is 1. The Morgan fingerprint density at radius 3 is 2.73 bits per heavy atom.